The van der Waals surface area contributed by atoms with E-state index in [1.54, 1.807) is 12.3 Å². The standard InChI is InChI=1S/C12H12BrNO4S3/c1-7-5-20-10(12(15)16)11(7)21(17,18)14(2)4-9-3-8(13)6-19-9/h3,5-6H,4H2,1-2H3,(H,15,16). The minimum Gasteiger partial charge on any atom is -0.477 e. The summed E-state index contributed by atoms with van der Waals surface area (Å²) in [4.78, 5) is 11.8. The third kappa shape index (κ3) is 3.37. The van der Waals surface area contributed by atoms with Crippen LogP contribution >= 0.6 is 38.6 Å². The summed E-state index contributed by atoms with van der Waals surface area (Å²) in [7, 11) is -2.39. The third-order valence-electron chi connectivity index (χ3n) is 2.78. The van der Waals surface area contributed by atoms with Crippen LogP contribution in [0.2, 0.25) is 0 Å². The first kappa shape index (κ1) is 16.6. The number of thiophene rings is 2. The van der Waals surface area contributed by atoms with E-state index >= 15 is 0 Å². The van der Waals surface area contributed by atoms with Crippen molar-refractivity contribution in [1.29, 1.82) is 0 Å². The fraction of sp³-hybridized carbons (Fsp3) is 0.250. The van der Waals surface area contributed by atoms with Crippen LogP contribution < -0.4 is 0 Å². The van der Waals surface area contributed by atoms with E-state index in [-0.39, 0.29) is 16.3 Å². The molecular formula is C12H12BrNO4S3. The molecule has 0 aliphatic heterocycles. The zero-order chi connectivity index (χ0) is 15.8. The molecule has 0 radical (unpaired) electrons. The van der Waals surface area contributed by atoms with Crippen molar-refractivity contribution in [2.45, 2.75) is 18.4 Å². The topological polar surface area (TPSA) is 74.7 Å². The first-order valence-corrected chi connectivity index (χ1v) is 9.73. The Morgan fingerprint density at radius 3 is 2.57 bits per heavy atom. The van der Waals surface area contributed by atoms with Gasteiger partial charge in [0.15, 0.2) is 0 Å². The van der Waals surface area contributed by atoms with Gasteiger partial charge in [-0.3, -0.25) is 0 Å². The molecule has 0 saturated carbocycles. The Balaban J connectivity index is 2.37. The second kappa shape index (κ2) is 6.17. The summed E-state index contributed by atoms with van der Waals surface area (Å²) < 4.78 is 27.3. The second-order valence-corrected chi connectivity index (χ2v) is 9.15. The number of halogens is 1. The van der Waals surface area contributed by atoms with E-state index in [1.807, 2.05) is 11.4 Å². The zero-order valence-corrected chi connectivity index (χ0v) is 15.2. The highest BCUT2D eigenvalue weighted by molar-refractivity contribution is 9.10. The average molecular weight is 410 g/mol. The predicted octanol–water partition coefficient (Wildman–Crippen LogP) is 3.40. The van der Waals surface area contributed by atoms with Crippen LogP contribution in [0.15, 0.2) is 26.2 Å². The van der Waals surface area contributed by atoms with Crippen LogP contribution in [-0.2, 0) is 16.6 Å². The molecule has 114 valence electrons. The minimum absolute atomic E-state index is 0.113. The summed E-state index contributed by atoms with van der Waals surface area (Å²) in [5.41, 5.74) is 0.455. The number of nitrogens with zero attached hydrogens (tertiary/aromatic N) is 1. The van der Waals surface area contributed by atoms with Crippen molar-refractivity contribution in [3.63, 3.8) is 0 Å². The normalized spacial score (nSPS) is 12.0. The molecule has 0 unspecified atom stereocenters. The van der Waals surface area contributed by atoms with Gasteiger partial charge >= 0.3 is 5.97 Å². The molecule has 2 aromatic rings. The number of carboxylic acid groups (broad SMARTS) is 1. The Hall–Kier alpha value is -0.740. The Kier molecular flexibility index (Phi) is 4.89. The summed E-state index contributed by atoms with van der Waals surface area (Å²) >= 11 is 5.69. The number of rotatable bonds is 5. The lowest BCUT2D eigenvalue weighted by Gasteiger charge is -2.17. The van der Waals surface area contributed by atoms with E-state index in [1.165, 1.54) is 22.7 Å². The lowest BCUT2D eigenvalue weighted by Crippen LogP contribution is -2.27. The summed E-state index contributed by atoms with van der Waals surface area (Å²) in [6.07, 6.45) is 0. The molecule has 0 bridgehead atoms. The van der Waals surface area contributed by atoms with Crippen LogP contribution in [0.3, 0.4) is 0 Å². The fourth-order valence-corrected chi connectivity index (χ4v) is 6.11. The number of hydrogen-bond acceptors (Lipinski definition) is 5. The van der Waals surface area contributed by atoms with Gasteiger partial charge in [0, 0.05) is 28.3 Å². The van der Waals surface area contributed by atoms with Crippen LogP contribution in [0.1, 0.15) is 20.1 Å². The Labute approximate surface area is 139 Å². The van der Waals surface area contributed by atoms with E-state index in [0.717, 1.165) is 20.7 Å². The first-order valence-electron chi connectivity index (χ1n) is 5.74. The van der Waals surface area contributed by atoms with E-state index in [0.29, 0.717) is 5.56 Å². The van der Waals surface area contributed by atoms with E-state index < -0.39 is 16.0 Å². The number of carboxylic acids is 1. The van der Waals surface area contributed by atoms with Gasteiger partial charge in [-0.25, -0.2) is 13.2 Å². The van der Waals surface area contributed by atoms with Gasteiger partial charge in [-0.1, -0.05) is 0 Å². The van der Waals surface area contributed by atoms with Gasteiger partial charge in [-0.05, 0) is 39.9 Å². The molecular weight excluding hydrogens is 398 g/mol. The van der Waals surface area contributed by atoms with Crippen molar-refractivity contribution in [3.8, 4) is 0 Å². The molecule has 9 heteroatoms. The van der Waals surface area contributed by atoms with Gasteiger partial charge in [0.05, 0.1) is 0 Å². The highest BCUT2D eigenvalue weighted by Gasteiger charge is 2.30. The molecule has 5 nitrogen and oxygen atoms in total. The van der Waals surface area contributed by atoms with Gasteiger partial charge in [-0.15, -0.1) is 22.7 Å². The SMILES string of the molecule is Cc1csc(C(=O)O)c1S(=O)(=O)N(C)Cc1cc(Br)cs1. The molecule has 2 rings (SSSR count). The van der Waals surface area contributed by atoms with Gasteiger partial charge in [0.25, 0.3) is 0 Å². The molecule has 2 aromatic heterocycles. The van der Waals surface area contributed by atoms with Crippen LogP contribution in [0, 0.1) is 6.92 Å². The van der Waals surface area contributed by atoms with Gasteiger partial charge < -0.3 is 5.11 Å². The third-order valence-corrected chi connectivity index (χ3v) is 7.67. The average Bonchev–Trinajstić information content (AvgIpc) is 2.95. The van der Waals surface area contributed by atoms with Crippen molar-refractivity contribution in [2.24, 2.45) is 0 Å². The van der Waals surface area contributed by atoms with Crippen molar-refractivity contribution >= 4 is 54.6 Å². The monoisotopic (exact) mass is 409 g/mol. The first-order chi connectivity index (χ1) is 9.73. The number of carbonyl (C=O) groups is 1. The highest BCUT2D eigenvalue weighted by atomic mass is 79.9. The maximum atomic E-state index is 12.6. The fourth-order valence-electron chi connectivity index (χ4n) is 1.80. The largest absolute Gasteiger partial charge is 0.477 e. The van der Waals surface area contributed by atoms with E-state index in [9.17, 15) is 13.2 Å². The van der Waals surface area contributed by atoms with Crippen molar-refractivity contribution in [3.05, 3.63) is 36.6 Å². The second-order valence-electron chi connectivity index (χ2n) is 4.37. The van der Waals surface area contributed by atoms with Crippen LogP contribution in [0.25, 0.3) is 0 Å². The number of aryl methyl sites for hydroxylation is 1. The molecule has 0 aromatic carbocycles. The van der Waals surface area contributed by atoms with Gasteiger partial charge in [0.1, 0.15) is 9.77 Å². The highest BCUT2D eigenvalue weighted by Crippen LogP contribution is 2.30. The molecule has 2 heterocycles. The Morgan fingerprint density at radius 1 is 1.38 bits per heavy atom. The quantitative estimate of drug-likeness (QED) is 0.820. The van der Waals surface area contributed by atoms with Crippen LogP contribution in [0.5, 0.6) is 0 Å². The van der Waals surface area contributed by atoms with Crippen molar-refractivity contribution in [1.82, 2.24) is 4.31 Å². The Morgan fingerprint density at radius 2 is 2.05 bits per heavy atom. The summed E-state index contributed by atoms with van der Waals surface area (Å²) in [6, 6.07) is 1.84. The number of sulfonamides is 1. The maximum Gasteiger partial charge on any atom is 0.347 e. The summed E-state index contributed by atoms with van der Waals surface area (Å²) in [5, 5.41) is 12.6. The molecule has 1 N–H and O–H groups in total. The Bertz CT molecular complexity index is 778. The molecule has 0 aliphatic rings. The van der Waals surface area contributed by atoms with Crippen LogP contribution in [0.4, 0.5) is 0 Å². The van der Waals surface area contributed by atoms with E-state index in [4.69, 9.17) is 5.11 Å². The zero-order valence-electron chi connectivity index (χ0n) is 11.2. The molecule has 0 atom stereocenters. The van der Waals surface area contributed by atoms with Crippen molar-refractivity contribution < 1.29 is 18.3 Å². The smallest absolute Gasteiger partial charge is 0.347 e. The van der Waals surface area contributed by atoms with Gasteiger partial charge in [-0.2, -0.15) is 4.31 Å². The molecule has 0 amide bonds. The minimum atomic E-state index is -3.84. The molecule has 0 saturated heterocycles. The van der Waals surface area contributed by atoms with Crippen LogP contribution in [-0.4, -0.2) is 30.8 Å². The number of hydrogen-bond donors (Lipinski definition) is 1. The van der Waals surface area contributed by atoms with E-state index in [2.05, 4.69) is 15.9 Å². The lowest BCUT2D eigenvalue weighted by molar-refractivity contribution is 0.0698. The lowest BCUT2D eigenvalue weighted by atomic mass is 10.3. The molecule has 21 heavy (non-hydrogen) atoms. The summed E-state index contributed by atoms with van der Waals surface area (Å²) in [5.74, 6) is -1.22. The van der Waals surface area contributed by atoms with Crippen molar-refractivity contribution in [2.75, 3.05) is 7.05 Å². The molecule has 0 fully saturated rings. The maximum absolute atomic E-state index is 12.6. The molecule has 0 spiro atoms. The molecule has 0 aliphatic carbocycles. The number of aromatic carboxylic acids is 1. The summed E-state index contributed by atoms with van der Waals surface area (Å²) in [6.45, 7) is 1.80. The predicted molar refractivity (Wildman–Crippen MR) is 86.7 cm³/mol. The van der Waals surface area contributed by atoms with Gasteiger partial charge in [0.2, 0.25) is 10.0 Å².